The lowest BCUT2D eigenvalue weighted by Crippen LogP contribution is -2.34. The van der Waals surface area contributed by atoms with Crippen LogP contribution in [0, 0.1) is 0 Å². The molecule has 2 rings (SSSR count). The van der Waals surface area contributed by atoms with Crippen LogP contribution >= 0.6 is 0 Å². The smallest absolute Gasteiger partial charge is 0.342 e. The van der Waals surface area contributed by atoms with Gasteiger partial charge in [0.25, 0.3) is 5.56 Å². The number of nitrogens with one attached hydrogen (secondary N) is 2. The highest BCUT2D eigenvalue weighted by molar-refractivity contribution is 5.45. The predicted molar refractivity (Wildman–Crippen MR) is 86.3 cm³/mol. The fourth-order valence-corrected chi connectivity index (χ4v) is 2.14. The number of methoxy groups -OCH3 is 2. The van der Waals surface area contributed by atoms with E-state index < -0.39 is 11.2 Å². The van der Waals surface area contributed by atoms with Crippen molar-refractivity contribution in [2.45, 2.75) is 6.54 Å². The van der Waals surface area contributed by atoms with E-state index in [-0.39, 0.29) is 5.82 Å². The van der Waals surface area contributed by atoms with Crippen molar-refractivity contribution in [1.29, 1.82) is 0 Å². The van der Waals surface area contributed by atoms with Crippen LogP contribution in [0.25, 0.3) is 0 Å². The van der Waals surface area contributed by atoms with Gasteiger partial charge in [0, 0.05) is 13.1 Å². The lowest BCUT2D eigenvalue weighted by atomic mass is 10.2. The van der Waals surface area contributed by atoms with E-state index in [9.17, 15) is 9.59 Å². The number of anilines is 1. The summed E-state index contributed by atoms with van der Waals surface area (Å²) in [6.07, 6.45) is 1.65. The minimum atomic E-state index is -0.650. The van der Waals surface area contributed by atoms with Gasteiger partial charge in [-0.05, 0) is 17.7 Å². The number of H-pyrrole nitrogens is 2. The molecule has 0 spiro atoms. The van der Waals surface area contributed by atoms with Crippen LogP contribution in [0.5, 0.6) is 11.5 Å². The van der Waals surface area contributed by atoms with Crippen molar-refractivity contribution in [3.05, 3.63) is 57.3 Å². The van der Waals surface area contributed by atoms with Gasteiger partial charge in [-0.15, -0.1) is 11.7 Å². The molecule has 1 heterocycles. The van der Waals surface area contributed by atoms with Crippen molar-refractivity contribution in [3.63, 3.8) is 0 Å². The van der Waals surface area contributed by atoms with E-state index in [2.05, 4.69) is 21.8 Å². The lowest BCUT2D eigenvalue weighted by molar-refractivity contribution is 0.354. The summed E-state index contributed by atoms with van der Waals surface area (Å²) >= 11 is 0. The Balaban J connectivity index is 2.34. The van der Waals surface area contributed by atoms with Crippen molar-refractivity contribution in [2.75, 3.05) is 25.7 Å². The molecule has 0 fully saturated rings. The van der Waals surface area contributed by atoms with Gasteiger partial charge in [0.15, 0.2) is 11.5 Å². The molecule has 0 aliphatic heterocycles. The molecule has 2 aromatic rings. The molecule has 0 aliphatic carbocycles. The van der Waals surface area contributed by atoms with Crippen molar-refractivity contribution in [1.82, 2.24) is 15.2 Å². The molecule has 0 amide bonds. The molecule has 122 valence electrons. The Hall–Kier alpha value is -3.03. The Morgan fingerprint density at radius 2 is 2.00 bits per heavy atom. The highest BCUT2D eigenvalue weighted by Crippen LogP contribution is 2.28. The Morgan fingerprint density at radius 1 is 1.26 bits per heavy atom. The fraction of sp³-hybridized carbons (Fsp3) is 0.267. The quantitative estimate of drug-likeness (QED) is 0.728. The van der Waals surface area contributed by atoms with Crippen molar-refractivity contribution in [2.24, 2.45) is 0 Å². The zero-order valence-electron chi connectivity index (χ0n) is 13.0. The highest BCUT2D eigenvalue weighted by atomic mass is 16.5. The van der Waals surface area contributed by atoms with Gasteiger partial charge >= 0.3 is 5.69 Å². The molecule has 1 aromatic heterocycles. The second-order valence-electron chi connectivity index (χ2n) is 4.69. The Kier molecular flexibility index (Phi) is 5.19. The number of ether oxygens (including phenoxy) is 2. The second kappa shape index (κ2) is 7.30. The Morgan fingerprint density at radius 3 is 2.61 bits per heavy atom. The summed E-state index contributed by atoms with van der Waals surface area (Å²) in [5.41, 5.74) is -0.323. The second-order valence-corrected chi connectivity index (χ2v) is 4.69. The van der Waals surface area contributed by atoms with Crippen LogP contribution in [0.1, 0.15) is 5.56 Å². The topological polar surface area (TPSA) is 100 Å². The van der Waals surface area contributed by atoms with E-state index in [0.29, 0.717) is 24.6 Å². The van der Waals surface area contributed by atoms with Crippen LogP contribution < -0.4 is 25.6 Å². The molecule has 23 heavy (non-hydrogen) atoms. The maximum absolute atomic E-state index is 11.9. The Bertz CT molecular complexity index is 797. The first-order valence-corrected chi connectivity index (χ1v) is 6.84. The molecule has 0 radical (unpaired) electrons. The molecule has 1 aromatic carbocycles. The third-order valence-electron chi connectivity index (χ3n) is 3.16. The average Bonchev–Trinajstić information content (AvgIpc) is 2.54. The highest BCUT2D eigenvalue weighted by Gasteiger charge is 2.14. The summed E-state index contributed by atoms with van der Waals surface area (Å²) in [5.74, 6) is 1.32. The molecule has 8 nitrogen and oxygen atoms in total. The fourth-order valence-electron chi connectivity index (χ4n) is 2.14. The molecule has 2 N–H and O–H groups in total. The van der Waals surface area contributed by atoms with Gasteiger partial charge in [0.2, 0.25) is 5.82 Å². The van der Waals surface area contributed by atoms with Crippen LogP contribution in [0.4, 0.5) is 5.82 Å². The summed E-state index contributed by atoms with van der Waals surface area (Å²) in [7, 11) is 3.11. The first-order chi connectivity index (χ1) is 11.1. The molecule has 0 saturated heterocycles. The van der Waals surface area contributed by atoms with Gasteiger partial charge in [-0.2, -0.15) is 0 Å². The molecular formula is C15H18N4O4. The normalized spacial score (nSPS) is 10.2. The number of benzene rings is 1. The first-order valence-electron chi connectivity index (χ1n) is 6.84. The maximum atomic E-state index is 11.9. The number of aromatic nitrogens is 3. The van der Waals surface area contributed by atoms with Gasteiger partial charge in [-0.25, -0.2) is 9.89 Å². The molecule has 8 heteroatoms. The summed E-state index contributed by atoms with van der Waals surface area (Å²) in [4.78, 5) is 26.8. The van der Waals surface area contributed by atoms with Gasteiger partial charge in [-0.3, -0.25) is 9.78 Å². The molecule has 0 saturated carbocycles. The minimum absolute atomic E-state index is 0.110. The standard InChI is InChI=1S/C15H18N4O4/c1-4-7-19(13-14(20)16-15(21)18-17-13)9-10-5-6-11(22-2)12(8-10)23-3/h4-6,8H,1,7,9H2,2-3H3,(H2,16,18,20,21). The molecule has 0 bridgehead atoms. The number of hydrogen-bond donors (Lipinski definition) is 2. The van der Waals surface area contributed by atoms with E-state index in [1.54, 1.807) is 31.3 Å². The van der Waals surface area contributed by atoms with Crippen molar-refractivity contribution < 1.29 is 9.47 Å². The zero-order valence-corrected chi connectivity index (χ0v) is 13.0. The zero-order chi connectivity index (χ0) is 16.8. The van der Waals surface area contributed by atoms with E-state index in [0.717, 1.165) is 5.56 Å². The summed E-state index contributed by atoms with van der Waals surface area (Å²) in [6.45, 7) is 4.45. The molecule has 0 unspecified atom stereocenters. The third-order valence-corrected chi connectivity index (χ3v) is 3.16. The van der Waals surface area contributed by atoms with E-state index in [4.69, 9.17) is 9.47 Å². The van der Waals surface area contributed by atoms with Gasteiger partial charge < -0.3 is 14.4 Å². The molecule has 0 aliphatic rings. The van der Waals surface area contributed by atoms with Crippen LogP contribution in [0.2, 0.25) is 0 Å². The lowest BCUT2D eigenvalue weighted by Gasteiger charge is -2.21. The van der Waals surface area contributed by atoms with Crippen LogP contribution in [-0.2, 0) is 6.54 Å². The summed E-state index contributed by atoms with van der Waals surface area (Å²) in [6, 6.07) is 5.46. The van der Waals surface area contributed by atoms with Crippen LogP contribution in [0.3, 0.4) is 0 Å². The van der Waals surface area contributed by atoms with E-state index >= 15 is 0 Å². The monoisotopic (exact) mass is 318 g/mol. The Labute approximate surface area is 132 Å². The van der Waals surface area contributed by atoms with Gasteiger partial charge in [0.05, 0.1) is 14.2 Å². The number of hydrogen-bond acceptors (Lipinski definition) is 6. The molecule has 0 atom stereocenters. The first kappa shape index (κ1) is 16.3. The third kappa shape index (κ3) is 3.79. The average molecular weight is 318 g/mol. The van der Waals surface area contributed by atoms with Gasteiger partial charge in [-0.1, -0.05) is 12.1 Å². The van der Waals surface area contributed by atoms with Crippen molar-refractivity contribution >= 4 is 5.82 Å². The van der Waals surface area contributed by atoms with E-state index in [1.807, 2.05) is 12.1 Å². The van der Waals surface area contributed by atoms with Gasteiger partial charge in [0.1, 0.15) is 0 Å². The largest absolute Gasteiger partial charge is 0.493 e. The van der Waals surface area contributed by atoms with E-state index in [1.165, 1.54) is 0 Å². The predicted octanol–water partition coefficient (Wildman–Crippen LogP) is 0.668. The minimum Gasteiger partial charge on any atom is -0.493 e. The number of rotatable bonds is 7. The SMILES string of the molecule is C=CCN(Cc1ccc(OC)c(OC)c1)c1n[nH]c(=O)[nH]c1=O. The van der Waals surface area contributed by atoms with Crippen LogP contribution in [-0.4, -0.2) is 35.9 Å². The summed E-state index contributed by atoms with van der Waals surface area (Å²) in [5, 5.41) is 6.03. The maximum Gasteiger partial charge on any atom is 0.342 e. The number of nitrogens with zero attached hydrogens (tertiary/aromatic N) is 2. The number of aromatic amines is 2. The van der Waals surface area contributed by atoms with Crippen LogP contribution in [0.15, 0.2) is 40.4 Å². The summed E-state index contributed by atoms with van der Waals surface area (Å²) < 4.78 is 10.5. The van der Waals surface area contributed by atoms with Crippen molar-refractivity contribution in [3.8, 4) is 11.5 Å². The molecular weight excluding hydrogens is 300 g/mol.